The number of aromatic amines is 1. The third-order valence-electron chi connectivity index (χ3n) is 3.18. The number of nitrogens with one attached hydrogen (secondary N) is 2. The smallest absolute Gasteiger partial charge is 0.280 e. The molecule has 0 spiro atoms. The minimum absolute atomic E-state index is 0.0534. The lowest BCUT2D eigenvalue weighted by Crippen LogP contribution is -2.31. The minimum Gasteiger partial charge on any atom is -0.383 e. The molecule has 1 aliphatic heterocycles. The van der Waals surface area contributed by atoms with E-state index in [0.29, 0.717) is 11.6 Å². The van der Waals surface area contributed by atoms with Crippen LogP contribution in [0.15, 0.2) is 15.4 Å². The molecule has 0 radical (unpaired) electrons. The van der Waals surface area contributed by atoms with Crippen molar-refractivity contribution < 1.29 is 4.52 Å². The Morgan fingerprint density at radius 1 is 1.56 bits per heavy atom. The highest BCUT2D eigenvalue weighted by Gasteiger charge is 2.28. The molecule has 3 rings (SSSR count). The molecule has 3 heterocycles. The van der Waals surface area contributed by atoms with Crippen LogP contribution in [-0.4, -0.2) is 31.9 Å². The molecule has 1 aliphatic rings. The molecule has 18 heavy (non-hydrogen) atoms. The van der Waals surface area contributed by atoms with Gasteiger partial charge in [-0.1, -0.05) is 0 Å². The Morgan fingerprint density at radius 3 is 3.11 bits per heavy atom. The monoisotopic (exact) mass is 250 g/mol. The highest BCUT2D eigenvalue weighted by atomic mass is 16.5. The molecule has 0 amide bonds. The fourth-order valence-electron chi connectivity index (χ4n) is 2.31. The zero-order valence-electron chi connectivity index (χ0n) is 9.96. The van der Waals surface area contributed by atoms with Crippen LogP contribution in [0.2, 0.25) is 0 Å². The molecule has 0 aromatic carbocycles. The molecule has 0 saturated carbocycles. The first-order valence-corrected chi connectivity index (χ1v) is 5.88. The first-order chi connectivity index (χ1) is 8.72. The van der Waals surface area contributed by atoms with Gasteiger partial charge in [-0.2, -0.15) is 9.95 Å². The Hall–Kier alpha value is -1.96. The van der Waals surface area contributed by atoms with Crippen LogP contribution in [0.5, 0.6) is 0 Å². The molecule has 0 bridgehead atoms. The fourth-order valence-corrected chi connectivity index (χ4v) is 2.31. The van der Waals surface area contributed by atoms with Crippen molar-refractivity contribution in [2.24, 2.45) is 7.05 Å². The zero-order valence-corrected chi connectivity index (χ0v) is 9.96. The minimum atomic E-state index is -0.197. The number of tetrazole rings is 1. The summed E-state index contributed by atoms with van der Waals surface area (Å²) in [7, 11) is 1.74. The third kappa shape index (κ3) is 2.06. The van der Waals surface area contributed by atoms with Crippen LogP contribution in [0.1, 0.15) is 36.4 Å². The molecule has 2 aromatic rings. The van der Waals surface area contributed by atoms with Gasteiger partial charge in [-0.25, -0.2) is 0 Å². The van der Waals surface area contributed by atoms with E-state index in [2.05, 4.69) is 25.9 Å². The van der Waals surface area contributed by atoms with E-state index in [1.165, 1.54) is 10.9 Å². The number of hydrogen-bond acceptors (Lipinski definition) is 6. The first-order valence-electron chi connectivity index (χ1n) is 5.88. The number of piperidine rings is 1. The molecule has 96 valence electrons. The predicted molar refractivity (Wildman–Crippen MR) is 60.8 cm³/mol. The SMILES string of the molecule is Cn1nnc(C2CC(c3cc(=O)[nH]o3)CCN2)n1. The van der Waals surface area contributed by atoms with Crippen LogP contribution < -0.4 is 10.9 Å². The van der Waals surface area contributed by atoms with E-state index in [4.69, 9.17) is 4.52 Å². The van der Waals surface area contributed by atoms with Crippen LogP contribution in [0, 0.1) is 0 Å². The van der Waals surface area contributed by atoms with Crippen LogP contribution >= 0.6 is 0 Å². The van der Waals surface area contributed by atoms with E-state index < -0.39 is 0 Å². The van der Waals surface area contributed by atoms with Gasteiger partial charge in [-0.3, -0.25) is 4.79 Å². The van der Waals surface area contributed by atoms with Crippen molar-refractivity contribution in [3.8, 4) is 0 Å². The highest BCUT2D eigenvalue weighted by Crippen LogP contribution is 2.31. The number of hydrogen-bond donors (Lipinski definition) is 2. The van der Waals surface area contributed by atoms with Gasteiger partial charge in [-0.05, 0) is 24.6 Å². The van der Waals surface area contributed by atoms with Gasteiger partial charge in [-0.15, -0.1) is 10.2 Å². The van der Waals surface area contributed by atoms with Gasteiger partial charge < -0.3 is 9.84 Å². The van der Waals surface area contributed by atoms with Gasteiger partial charge in [0, 0.05) is 12.0 Å². The maximum absolute atomic E-state index is 11.1. The third-order valence-corrected chi connectivity index (χ3v) is 3.18. The summed E-state index contributed by atoms with van der Waals surface area (Å²) in [6.45, 7) is 0.836. The van der Waals surface area contributed by atoms with Crippen molar-refractivity contribution in [1.82, 2.24) is 30.7 Å². The highest BCUT2D eigenvalue weighted by molar-refractivity contribution is 5.07. The summed E-state index contributed by atoms with van der Waals surface area (Å²) < 4.78 is 5.17. The Kier molecular flexibility index (Phi) is 2.71. The number of rotatable bonds is 2. The summed E-state index contributed by atoms with van der Waals surface area (Å²) in [6, 6.07) is 1.56. The summed E-state index contributed by atoms with van der Waals surface area (Å²) in [5, 5.41) is 17.7. The van der Waals surface area contributed by atoms with Crippen molar-refractivity contribution >= 4 is 0 Å². The van der Waals surface area contributed by atoms with E-state index in [0.717, 1.165) is 19.4 Å². The average Bonchev–Trinajstić information content (AvgIpc) is 2.98. The predicted octanol–water partition coefficient (Wildman–Crippen LogP) is -0.300. The number of nitrogens with zero attached hydrogens (tertiary/aromatic N) is 4. The molecular weight excluding hydrogens is 236 g/mol. The van der Waals surface area contributed by atoms with Gasteiger partial charge in [0.25, 0.3) is 5.56 Å². The molecule has 1 fully saturated rings. The Balaban J connectivity index is 1.78. The quantitative estimate of drug-likeness (QED) is 0.758. The molecule has 8 heteroatoms. The lowest BCUT2D eigenvalue weighted by molar-refractivity contribution is 0.290. The van der Waals surface area contributed by atoms with E-state index in [1.54, 1.807) is 7.05 Å². The zero-order chi connectivity index (χ0) is 12.5. The largest absolute Gasteiger partial charge is 0.383 e. The molecular formula is C10H14N6O2. The van der Waals surface area contributed by atoms with Gasteiger partial charge in [0.1, 0.15) is 5.76 Å². The van der Waals surface area contributed by atoms with Gasteiger partial charge >= 0.3 is 0 Å². The molecule has 1 saturated heterocycles. The van der Waals surface area contributed by atoms with E-state index in [1.807, 2.05) is 0 Å². The summed E-state index contributed by atoms with van der Waals surface area (Å²) in [4.78, 5) is 12.5. The van der Waals surface area contributed by atoms with Gasteiger partial charge in [0.15, 0.2) is 5.82 Å². The Bertz CT molecular complexity index is 585. The van der Waals surface area contributed by atoms with Gasteiger partial charge in [0.05, 0.1) is 13.1 Å². The van der Waals surface area contributed by atoms with Crippen molar-refractivity contribution in [3.05, 3.63) is 28.0 Å². The van der Waals surface area contributed by atoms with Crippen molar-refractivity contribution in [2.75, 3.05) is 6.54 Å². The fraction of sp³-hybridized carbons (Fsp3) is 0.600. The number of aryl methyl sites for hydroxylation is 1. The van der Waals surface area contributed by atoms with Crippen LogP contribution in [0.3, 0.4) is 0 Å². The second-order valence-corrected chi connectivity index (χ2v) is 4.48. The second-order valence-electron chi connectivity index (χ2n) is 4.48. The topological polar surface area (TPSA) is 102 Å². The molecule has 8 nitrogen and oxygen atoms in total. The number of H-pyrrole nitrogens is 1. The standard InChI is InChI=1S/C10H14N6O2/c1-16-13-10(12-15-16)7-4-6(2-3-11-7)8-5-9(17)14-18-8/h5-7,11H,2-4H2,1H3,(H,14,17). The van der Waals surface area contributed by atoms with E-state index >= 15 is 0 Å². The molecule has 2 unspecified atom stereocenters. The second kappa shape index (κ2) is 4.37. The number of aromatic nitrogens is 5. The van der Waals surface area contributed by atoms with E-state index in [-0.39, 0.29) is 17.5 Å². The molecule has 2 aromatic heterocycles. The summed E-state index contributed by atoms with van der Waals surface area (Å²) in [6.07, 6.45) is 1.73. The lowest BCUT2D eigenvalue weighted by atomic mass is 9.90. The lowest BCUT2D eigenvalue weighted by Gasteiger charge is -2.26. The van der Waals surface area contributed by atoms with Crippen LogP contribution in [-0.2, 0) is 7.05 Å². The van der Waals surface area contributed by atoms with Crippen LogP contribution in [0.25, 0.3) is 0 Å². The summed E-state index contributed by atoms with van der Waals surface area (Å²) >= 11 is 0. The molecule has 0 aliphatic carbocycles. The van der Waals surface area contributed by atoms with E-state index in [9.17, 15) is 4.79 Å². The van der Waals surface area contributed by atoms with Gasteiger partial charge in [0.2, 0.25) is 0 Å². The van der Waals surface area contributed by atoms with Crippen molar-refractivity contribution in [2.45, 2.75) is 24.8 Å². The summed E-state index contributed by atoms with van der Waals surface area (Å²) in [5.41, 5.74) is -0.197. The first kappa shape index (κ1) is 11.1. The maximum atomic E-state index is 11.1. The summed E-state index contributed by atoms with van der Waals surface area (Å²) in [5.74, 6) is 1.59. The maximum Gasteiger partial charge on any atom is 0.280 e. The average molecular weight is 250 g/mol. The Labute approximate surface area is 102 Å². The normalized spacial score (nSPS) is 24.3. The Morgan fingerprint density at radius 2 is 2.44 bits per heavy atom. The van der Waals surface area contributed by atoms with Crippen LogP contribution in [0.4, 0.5) is 0 Å². The van der Waals surface area contributed by atoms with Crippen molar-refractivity contribution in [1.29, 1.82) is 0 Å². The molecule has 2 atom stereocenters. The van der Waals surface area contributed by atoms with Crippen molar-refractivity contribution in [3.63, 3.8) is 0 Å². The molecule has 2 N–H and O–H groups in total.